The summed E-state index contributed by atoms with van der Waals surface area (Å²) in [5.74, 6) is -2.98. The van der Waals surface area contributed by atoms with Gasteiger partial charge in [0.25, 0.3) is 5.91 Å². The van der Waals surface area contributed by atoms with Crippen LogP contribution in [0.5, 0.6) is 0 Å². The summed E-state index contributed by atoms with van der Waals surface area (Å²) in [6, 6.07) is 9.35. The molecule has 3 rings (SSSR count). The summed E-state index contributed by atoms with van der Waals surface area (Å²) in [5.41, 5.74) is 0.0197. The van der Waals surface area contributed by atoms with E-state index in [0.29, 0.717) is 11.0 Å². The maximum Gasteiger partial charge on any atom is 0.339 e. The minimum Gasteiger partial charge on any atom is -0.452 e. The van der Waals surface area contributed by atoms with Crippen molar-refractivity contribution in [1.29, 1.82) is 0 Å². The summed E-state index contributed by atoms with van der Waals surface area (Å²) >= 11 is 1.23. The molecule has 1 saturated heterocycles. The first-order valence-corrected chi connectivity index (χ1v) is 10.3. The van der Waals surface area contributed by atoms with Crippen LogP contribution in [0.2, 0.25) is 0 Å². The predicted octanol–water partition coefficient (Wildman–Crippen LogP) is 3.47. The van der Waals surface area contributed by atoms with Gasteiger partial charge in [0.1, 0.15) is 11.6 Å². The highest BCUT2D eigenvalue weighted by Gasteiger charge is 2.20. The Bertz CT molecular complexity index is 948. The third kappa shape index (κ3) is 5.79. The molecule has 1 N–H and O–H groups in total. The number of amides is 2. The number of likely N-dealkylation sites (tertiary alicyclic amines) is 1. The number of halogens is 2. The highest BCUT2D eigenvalue weighted by Crippen LogP contribution is 2.24. The molecule has 0 unspecified atom stereocenters. The second-order valence-corrected chi connectivity index (χ2v) is 7.64. The largest absolute Gasteiger partial charge is 0.452 e. The Morgan fingerprint density at radius 2 is 1.80 bits per heavy atom. The zero-order valence-corrected chi connectivity index (χ0v) is 16.8. The maximum atomic E-state index is 13.6. The van der Waals surface area contributed by atoms with E-state index in [2.05, 4.69) is 5.32 Å². The number of anilines is 1. The molecule has 30 heavy (non-hydrogen) atoms. The van der Waals surface area contributed by atoms with Gasteiger partial charge in [0.2, 0.25) is 5.91 Å². The van der Waals surface area contributed by atoms with Crippen LogP contribution in [0.3, 0.4) is 0 Å². The number of hydrogen-bond acceptors (Lipinski definition) is 5. The van der Waals surface area contributed by atoms with Crippen molar-refractivity contribution in [2.45, 2.75) is 17.7 Å². The molecule has 1 heterocycles. The normalized spacial score (nSPS) is 13.2. The summed E-state index contributed by atoms with van der Waals surface area (Å²) < 4.78 is 31.5. The zero-order valence-electron chi connectivity index (χ0n) is 16.0. The smallest absolute Gasteiger partial charge is 0.339 e. The van der Waals surface area contributed by atoms with Gasteiger partial charge in [-0.05, 0) is 37.1 Å². The van der Waals surface area contributed by atoms with Gasteiger partial charge in [0.15, 0.2) is 6.61 Å². The van der Waals surface area contributed by atoms with Crippen LogP contribution in [0.15, 0.2) is 47.4 Å². The molecule has 2 aromatic carbocycles. The molecule has 158 valence electrons. The number of thioether (sulfide) groups is 1. The van der Waals surface area contributed by atoms with Crippen molar-refractivity contribution in [2.75, 3.05) is 30.8 Å². The fraction of sp³-hybridized carbons (Fsp3) is 0.286. The van der Waals surface area contributed by atoms with Crippen molar-refractivity contribution in [3.05, 3.63) is 59.7 Å². The number of nitrogens with one attached hydrogen (secondary N) is 1. The molecule has 2 aromatic rings. The molecule has 0 bridgehead atoms. The van der Waals surface area contributed by atoms with E-state index >= 15 is 0 Å². The summed E-state index contributed by atoms with van der Waals surface area (Å²) in [4.78, 5) is 38.9. The van der Waals surface area contributed by atoms with Crippen molar-refractivity contribution in [3.63, 3.8) is 0 Å². The van der Waals surface area contributed by atoms with E-state index < -0.39 is 30.1 Å². The third-order valence-corrected chi connectivity index (χ3v) is 5.51. The second-order valence-electron chi connectivity index (χ2n) is 6.62. The van der Waals surface area contributed by atoms with E-state index in [9.17, 15) is 23.2 Å². The van der Waals surface area contributed by atoms with Crippen LogP contribution in [-0.2, 0) is 14.3 Å². The Kier molecular flexibility index (Phi) is 7.40. The number of carbonyl (C=O) groups is 3. The van der Waals surface area contributed by atoms with Crippen molar-refractivity contribution >= 4 is 35.2 Å². The van der Waals surface area contributed by atoms with Gasteiger partial charge in [-0.25, -0.2) is 13.6 Å². The lowest BCUT2D eigenvalue weighted by molar-refractivity contribution is -0.127. The maximum absolute atomic E-state index is 13.6. The number of hydrogen-bond donors (Lipinski definition) is 1. The lowest BCUT2D eigenvalue weighted by Crippen LogP contribution is -2.29. The van der Waals surface area contributed by atoms with Crippen LogP contribution in [0, 0.1) is 11.6 Å². The van der Waals surface area contributed by atoms with Gasteiger partial charge in [-0.3, -0.25) is 9.59 Å². The van der Waals surface area contributed by atoms with Crippen LogP contribution in [0.25, 0.3) is 0 Å². The molecule has 6 nitrogen and oxygen atoms in total. The Labute approximate surface area is 176 Å². The fourth-order valence-electron chi connectivity index (χ4n) is 2.94. The van der Waals surface area contributed by atoms with Gasteiger partial charge in [-0.15, -0.1) is 11.8 Å². The van der Waals surface area contributed by atoms with Gasteiger partial charge in [-0.2, -0.15) is 0 Å². The summed E-state index contributed by atoms with van der Waals surface area (Å²) in [7, 11) is 0. The Balaban J connectivity index is 1.54. The van der Waals surface area contributed by atoms with Gasteiger partial charge in [-0.1, -0.05) is 12.1 Å². The molecular weight excluding hydrogens is 414 g/mol. The van der Waals surface area contributed by atoms with Crippen LogP contribution >= 0.6 is 11.8 Å². The van der Waals surface area contributed by atoms with Crippen LogP contribution in [0.1, 0.15) is 23.2 Å². The quantitative estimate of drug-likeness (QED) is 0.534. The highest BCUT2D eigenvalue weighted by molar-refractivity contribution is 8.00. The van der Waals surface area contributed by atoms with Crippen LogP contribution < -0.4 is 5.32 Å². The number of carbonyl (C=O) groups excluding carboxylic acids is 3. The fourth-order valence-corrected chi connectivity index (χ4v) is 3.89. The third-order valence-electron chi connectivity index (χ3n) is 4.46. The molecule has 0 aliphatic carbocycles. The molecule has 2 amide bonds. The molecule has 0 saturated carbocycles. The van der Waals surface area contributed by atoms with E-state index in [0.717, 1.165) is 38.1 Å². The first-order chi connectivity index (χ1) is 14.4. The zero-order chi connectivity index (χ0) is 21.5. The first-order valence-electron chi connectivity index (χ1n) is 9.35. The van der Waals surface area contributed by atoms with E-state index in [1.807, 2.05) is 0 Å². The topological polar surface area (TPSA) is 75.7 Å². The van der Waals surface area contributed by atoms with E-state index in [4.69, 9.17) is 4.74 Å². The van der Waals surface area contributed by atoms with Crippen LogP contribution in [-0.4, -0.2) is 48.1 Å². The van der Waals surface area contributed by atoms with Crippen molar-refractivity contribution in [3.8, 4) is 0 Å². The monoisotopic (exact) mass is 434 g/mol. The number of esters is 1. The lowest BCUT2D eigenvalue weighted by Gasteiger charge is -2.15. The van der Waals surface area contributed by atoms with Gasteiger partial charge in [0, 0.05) is 24.1 Å². The second kappa shape index (κ2) is 10.2. The molecule has 0 atom stereocenters. The summed E-state index contributed by atoms with van der Waals surface area (Å²) in [6.07, 6.45) is 2.01. The average Bonchev–Trinajstić information content (AvgIpc) is 3.27. The standard InChI is InChI=1S/C21H20F2N2O4S/c22-14-7-8-17(16(23)11-14)24-19(26)12-29-21(28)15-5-1-2-6-18(15)30-13-20(27)25-9-3-4-10-25/h1-2,5-8,11H,3-4,9-10,12-13H2,(H,24,26). The number of nitrogens with zero attached hydrogens (tertiary/aromatic N) is 1. The average molecular weight is 434 g/mol. The number of rotatable bonds is 7. The van der Waals surface area contributed by atoms with Gasteiger partial charge < -0.3 is 15.0 Å². The Hall–Kier alpha value is -2.94. The van der Waals surface area contributed by atoms with E-state index in [-0.39, 0.29) is 22.9 Å². The SMILES string of the molecule is O=C(COC(=O)c1ccccc1SCC(=O)N1CCCC1)Nc1ccc(F)cc1F. The highest BCUT2D eigenvalue weighted by atomic mass is 32.2. The molecule has 0 aromatic heterocycles. The molecule has 1 fully saturated rings. The molecular formula is C21H20F2N2O4S. The first kappa shape index (κ1) is 21.8. The van der Waals surface area contributed by atoms with Crippen molar-refractivity contribution in [1.82, 2.24) is 4.90 Å². The molecule has 0 spiro atoms. The van der Waals surface area contributed by atoms with E-state index in [1.54, 1.807) is 29.2 Å². The lowest BCUT2D eigenvalue weighted by atomic mass is 10.2. The number of ether oxygens (including phenoxy) is 1. The van der Waals surface area contributed by atoms with Gasteiger partial charge in [0.05, 0.1) is 17.0 Å². The summed E-state index contributed by atoms with van der Waals surface area (Å²) in [5, 5.41) is 2.22. The van der Waals surface area contributed by atoms with Crippen LogP contribution in [0.4, 0.5) is 14.5 Å². The Morgan fingerprint density at radius 3 is 2.53 bits per heavy atom. The van der Waals surface area contributed by atoms with Crippen molar-refractivity contribution < 1.29 is 27.9 Å². The molecule has 9 heteroatoms. The summed E-state index contributed by atoms with van der Waals surface area (Å²) in [6.45, 7) is 0.876. The molecule has 1 aliphatic rings. The molecule has 0 radical (unpaired) electrons. The Morgan fingerprint density at radius 1 is 1.07 bits per heavy atom. The van der Waals surface area contributed by atoms with E-state index in [1.165, 1.54) is 11.8 Å². The minimum absolute atomic E-state index is 0.0152. The molecule has 1 aliphatic heterocycles. The minimum atomic E-state index is -0.931. The van der Waals surface area contributed by atoms with Gasteiger partial charge >= 0.3 is 5.97 Å². The van der Waals surface area contributed by atoms with Crippen molar-refractivity contribution in [2.24, 2.45) is 0 Å². The number of benzene rings is 2. The predicted molar refractivity (Wildman–Crippen MR) is 108 cm³/mol.